The number of carbonyl (C=O) groups is 1. The minimum Gasteiger partial charge on any atom is -0.336 e. The second-order valence-corrected chi connectivity index (χ2v) is 5.08. The van der Waals surface area contributed by atoms with Crippen molar-refractivity contribution in [2.45, 2.75) is 19.1 Å². The van der Waals surface area contributed by atoms with Gasteiger partial charge in [0.2, 0.25) is 0 Å². The number of pyridine rings is 1. The number of nitrogens with two attached hydrogens (primary N) is 1. The SMILES string of the molecule is NCc1ncccc1CN1CCN2C(=O)NCC2C1. The molecule has 3 heterocycles. The van der Waals surface area contributed by atoms with Gasteiger partial charge in [0, 0.05) is 45.5 Å². The highest BCUT2D eigenvalue weighted by atomic mass is 16.2. The average molecular weight is 261 g/mol. The first kappa shape index (κ1) is 12.4. The summed E-state index contributed by atoms with van der Waals surface area (Å²) >= 11 is 0. The predicted octanol–water partition coefficient (Wildman–Crippen LogP) is -0.250. The molecule has 6 nitrogen and oxygen atoms in total. The van der Waals surface area contributed by atoms with Crippen molar-refractivity contribution in [1.29, 1.82) is 0 Å². The van der Waals surface area contributed by atoms with Gasteiger partial charge in [-0.15, -0.1) is 0 Å². The van der Waals surface area contributed by atoms with E-state index in [2.05, 4.69) is 21.3 Å². The quantitative estimate of drug-likeness (QED) is 0.787. The lowest BCUT2D eigenvalue weighted by Crippen LogP contribution is -2.51. The number of hydrogen-bond acceptors (Lipinski definition) is 4. The molecule has 0 aliphatic carbocycles. The van der Waals surface area contributed by atoms with Crippen LogP contribution in [0.1, 0.15) is 11.3 Å². The van der Waals surface area contributed by atoms with Crippen molar-refractivity contribution in [1.82, 2.24) is 20.1 Å². The Kier molecular flexibility index (Phi) is 3.35. The molecule has 3 rings (SSSR count). The van der Waals surface area contributed by atoms with Crippen molar-refractivity contribution in [3.8, 4) is 0 Å². The Morgan fingerprint density at radius 1 is 1.47 bits per heavy atom. The number of urea groups is 1. The molecule has 3 N–H and O–H groups in total. The zero-order valence-corrected chi connectivity index (χ0v) is 10.9. The van der Waals surface area contributed by atoms with Crippen molar-refractivity contribution >= 4 is 6.03 Å². The molecule has 2 fully saturated rings. The van der Waals surface area contributed by atoms with Gasteiger partial charge in [0.25, 0.3) is 0 Å². The van der Waals surface area contributed by atoms with Crippen LogP contribution in [0, 0.1) is 0 Å². The highest BCUT2D eigenvalue weighted by Gasteiger charge is 2.35. The van der Waals surface area contributed by atoms with E-state index >= 15 is 0 Å². The zero-order valence-electron chi connectivity index (χ0n) is 10.9. The van der Waals surface area contributed by atoms with Crippen molar-refractivity contribution in [2.75, 3.05) is 26.2 Å². The Labute approximate surface area is 112 Å². The number of nitrogens with zero attached hydrogens (tertiary/aromatic N) is 3. The molecule has 0 bridgehead atoms. The van der Waals surface area contributed by atoms with Gasteiger partial charge in [-0.05, 0) is 11.6 Å². The average Bonchev–Trinajstić information content (AvgIpc) is 2.81. The summed E-state index contributed by atoms with van der Waals surface area (Å²) in [6.45, 7) is 4.71. The number of aromatic nitrogens is 1. The molecule has 0 aromatic carbocycles. The predicted molar refractivity (Wildman–Crippen MR) is 71.3 cm³/mol. The minimum atomic E-state index is 0.0775. The Hall–Kier alpha value is -1.66. The fourth-order valence-electron chi connectivity index (χ4n) is 2.85. The number of amides is 2. The first-order chi connectivity index (χ1) is 9.28. The highest BCUT2D eigenvalue weighted by Crippen LogP contribution is 2.17. The first-order valence-electron chi connectivity index (χ1n) is 6.67. The summed E-state index contributed by atoms with van der Waals surface area (Å²) in [6.07, 6.45) is 1.78. The molecule has 19 heavy (non-hydrogen) atoms. The largest absolute Gasteiger partial charge is 0.336 e. The second-order valence-electron chi connectivity index (χ2n) is 5.08. The third-order valence-electron chi connectivity index (χ3n) is 3.89. The smallest absolute Gasteiger partial charge is 0.317 e. The Morgan fingerprint density at radius 3 is 3.21 bits per heavy atom. The van der Waals surface area contributed by atoms with Crippen LogP contribution >= 0.6 is 0 Å². The standard InChI is InChI=1S/C13H19N5O/c14-6-12-10(2-1-3-15-12)8-17-4-5-18-11(9-17)7-16-13(18)19/h1-3,11H,4-9,14H2,(H,16,19). The third kappa shape index (κ3) is 2.41. The van der Waals surface area contributed by atoms with Crippen molar-refractivity contribution in [3.05, 3.63) is 29.6 Å². The molecule has 1 aromatic heterocycles. The van der Waals surface area contributed by atoms with Crippen LogP contribution in [0.3, 0.4) is 0 Å². The second kappa shape index (κ2) is 5.14. The normalized spacial score (nSPS) is 23.3. The number of hydrogen-bond donors (Lipinski definition) is 2. The summed E-state index contributed by atoms with van der Waals surface area (Å²) < 4.78 is 0. The maximum atomic E-state index is 11.5. The number of nitrogens with one attached hydrogen (secondary N) is 1. The van der Waals surface area contributed by atoms with E-state index in [1.54, 1.807) is 6.20 Å². The molecule has 102 valence electrons. The van der Waals surface area contributed by atoms with E-state index in [4.69, 9.17) is 5.73 Å². The number of rotatable bonds is 3. The maximum absolute atomic E-state index is 11.5. The highest BCUT2D eigenvalue weighted by molar-refractivity contribution is 5.77. The Balaban J connectivity index is 1.67. The summed E-state index contributed by atoms with van der Waals surface area (Å²) in [5.74, 6) is 0. The summed E-state index contributed by atoms with van der Waals surface area (Å²) in [7, 11) is 0. The fraction of sp³-hybridized carbons (Fsp3) is 0.538. The summed E-state index contributed by atoms with van der Waals surface area (Å²) in [4.78, 5) is 20.2. The molecule has 2 aliphatic heterocycles. The molecular formula is C13H19N5O. The van der Waals surface area contributed by atoms with Gasteiger partial charge in [-0.1, -0.05) is 6.07 Å². The van der Waals surface area contributed by atoms with Gasteiger partial charge in [-0.25, -0.2) is 4.79 Å². The van der Waals surface area contributed by atoms with Crippen LogP contribution in [0.2, 0.25) is 0 Å². The van der Waals surface area contributed by atoms with E-state index in [9.17, 15) is 4.79 Å². The molecule has 2 aliphatic rings. The topological polar surface area (TPSA) is 74.5 Å². The van der Waals surface area contributed by atoms with E-state index in [1.165, 1.54) is 5.56 Å². The summed E-state index contributed by atoms with van der Waals surface area (Å²) in [6, 6.07) is 4.42. The number of fused-ring (bicyclic) bond motifs is 1. The molecular weight excluding hydrogens is 242 g/mol. The molecule has 0 spiro atoms. The molecule has 6 heteroatoms. The molecule has 0 radical (unpaired) electrons. The van der Waals surface area contributed by atoms with E-state index < -0.39 is 0 Å². The van der Waals surface area contributed by atoms with E-state index in [0.717, 1.165) is 38.4 Å². The Bertz CT molecular complexity index is 478. The van der Waals surface area contributed by atoms with Crippen molar-refractivity contribution in [2.24, 2.45) is 5.73 Å². The van der Waals surface area contributed by atoms with Crippen LogP contribution in [0.25, 0.3) is 0 Å². The molecule has 0 saturated carbocycles. The van der Waals surface area contributed by atoms with E-state index in [1.807, 2.05) is 11.0 Å². The summed E-state index contributed by atoms with van der Waals surface area (Å²) in [5, 5.41) is 2.90. The molecule has 2 saturated heterocycles. The molecule has 1 atom stereocenters. The Morgan fingerprint density at radius 2 is 2.37 bits per heavy atom. The van der Waals surface area contributed by atoms with Gasteiger partial charge >= 0.3 is 6.03 Å². The maximum Gasteiger partial charge on any atom is 0.317 e. The van der Waals surface area contributed by atoms with E-state index in [0.29, 0.717) is 12.6 Å². The zero-order chi connectivity index (χ0) is 13.2. The van der Waals surface area contributed by atoms with Crippen LogP contribution in [-0.4, -0.2) is 53.0 Å². The van der Waals surface area contributed by atoms with Crippen molar-refractivity contribution in [3.63, 3.8) is 0 Å². The lowest BCUT2D eigenvalue weighted by molar-refractivity contribution is 0.116. The van der Waals surface area contributed by atoms with Crippen LogP contribution in [0.15, 0.2) is 18.3 Å². The minimum absolute atomic E-state index is 0.0775. The number of piperazine rings is 1. The third-order valence-corrected chi connectivity index (χ3v) is 3.89. The van der Waals surface area contributed by atoms with Gasteiger partial charge < -0.3 is 16.0 Å². The van der Waals surface area contributed by atoms with Crippen LogP contribution in [-0.2, 0) is 13.1 Å². The first-order valence-corrected chi connectivity index (χ1v) is 6.67. The van der Waals surface area contributed by atoms with E-state index in [-0.39, 0.29) is 6.03 Å². The van der Waals surface area contributed by atoms with Gasteiger partial charge in [0.05, 0.1) is 11.7 Å². The summed E-state index contributed by atoms with van der Waals surface area (Å²) in [5.41, 5.74) is 7.87. The van der Waals surface area contributed by atoms with Gasteiger partial charge in [-0.3, -0.25) is 9.88 Å². The lowest BCUT2D eigenvalue weighted by Gasteiger charge is -2.36. The molecule has 2 amide bonds. The molecule has 1 aromatic rings. The van der Waals surface area contributed by atoms with Crippen LogP contribution < -0.4 is 11.1 Å². The number of carbonyl (C=O) groups excluding carboxylic acids is 1. The van der Waals surface area contributed by atoms with Gasteiger partial charge in [0.15, 0.2) is 0 Å². The van der Waals surface area contributed by atoms with Crippen molar-refractivity contribution < 1.29 is 4.79 Å². The van der Waals surface area contributed by atoms with Gasteiger partial charge in [-0.2, -0.15) is 0 Å². The van der Waals surface area contributed by atoms with Crippen LogP contribution in [0.4, 0.5) is 4.79 Å². The van der Waals surface area contributed by atoms with Gasteiger partial charge in [0.1, 0.15) is 0 Å². The monoisotopic (exact) mass is 261 g/mol. The molecule has 1 unspecified atom stereocenters. The lowest BCUT2D eigenvalue weighted by atomic mass is 10.1. The fourth-order valence-corrected chi connectivity index (χ4v) is 2.85. The van der Waals surface area contributed by atoms with Crippen LogP contribution in [0.5, 0.6) is 0 Å².